The number of hydrazone groups is 1. The third-order valence-electron chi connectivity index (χ3n) is 4.52. The molecule has 1 aliphatic rings. The Morgan fingerprint density at radius 3 is 2.79 bits per heavy atom. The van der Waals surface area contributed by atoms with Gasteiger partial charge in [-0.05, 0) is 19.1 Å². The van der Waals surface area contributed by atoms with Crippen molar-refractivity contribution in [3.05, 3.63) is 42.7 Å². The summed E-state index contributed by atoms with van der Waals surface area (Å²) in [5, 5.41) is 33.8. The first-order valence-electron chi connectivity index (χ1n) is 8.62. The lowest BCUT2D eigenvalue weighted by Gasteiger charge is -2.16. The Hall–Kier alpha value is -2.99. The van der Waals surface area contributed by atoms with Crippen molar-refractivity contribution >= 4 is 22.7 Å². The highest BCUT2D eigenvalue weighted by molar-refractivity contribution is 5.97. The first-order chi connectivity index (χ1) is 13.6. The third-order valence-corrected chi connectivity index (χ3v) is 4.52. The van der Waals surface area contributed by atoms with Gasteiger partial charge in [0.1, 0.15) is 24.6 Å². The van der Waals surface area contributed by atoms with Crippen LogP contribution >= 0.6 is 0 Å². The van der Waals surface area contributed by atoms with Crippen LogP contribution in [0.2, 0.25) is 0 Å². The molecule has 4 heterocycles. The molecule has 3 aromatic heterocycles. The van der Waals surface area contributed by atoms with Crippen LogP contribution < -0.4 is 5.43 Å². The highest BCUT2D eigenvalue weighted by Gasteiger charge is 2.44. The molecule has 0 radical (unpaired) electrons. The van der Waals surface area contributed by atoms with Gasteiger partial charge in [-0.25, -0.2) is 15.0 Å². The smallest absolute Gasteiger partial charge is 0.177 e. The second-order valence-corrected chi connectivity index (χ2v) is 6.30. The van der Waals surface area contributed by atoms with E-state index < -0.39 is 31.1 Å². The average molecular weight is 385 g/mol. The molecule has 0 spiro atoms. The minimum Gasteiger partial charge on any atom is -0.394 e. The molecule has 0 unspecified atom stereocenters. The van der Waals surface area contributed by atoms with Crippen LogP contribution in [-0.4, -0.2) is 70.5 Å². The number of nitrogens with one attached hydrogen (secondary N) is 1. The van der Waals surface area contributed by atoms with Gasteiger partial charge in [-0.3, -0.25) is 15.0 Å². The third kappa shape index (κ3) is 3.20. The van der Waals surface area contributed by atoms with Gasteiger partial charge < -0.3 is 20.1 Å². The zero-order valence-corrected chi connectivity index (χ0v) is 14.9. The summed E-state index contributed by atoms with van der Waals surface area (Å²) in [4.78, 5) is 16.9. The topological polar surface area (TPSA) is 151 Å². The summed E-state index contributed by atoms with van der Waals surface area (Å²) < 4.78 is 7.03. The average Bonchev–Trinajstić information content (AvgIpc) is 3.28. The van der Waals surface area contributed by atoms with Gasteiger partial charge in [0.25, 0.3) is 0 Å². The van der Waals surface area contributed by atoms with E-state index in [-0.39, 0.29) is 0 Å². The summed E-state index contributed by atoms with van der Waals surface area (Å²) in [5.74, 6) is 0.366. The molecule has 0 aliphatic carbocycles. The Morgan fingerprint density at radius 2 is 2.07 bits per heavy atom. The van der Waals surface area contributed by atoms with Crippen LogP contribution in [0.25, 0.3) is 11.2 Å². The molecule has 0 saturated carbocycles. The number of rotatable bonds is 5. The molecule has 4 rings (SSSR count). The van der Waals surface area contributed by atoms with Crippen molar-refractivity contribution in [1.29, 1.82) is 0 Å². The zero-order chi connectivity index (χ0) is 19.7. The standard InChI is InChI=1S/C17H19N7O4/c1-9(10-4-2-3-5-18-10)22-23-15-12-16(20-7-19-15)24(8-21-12)17-14(27)13(26)11(6-25)28-17/h2-5,7-8,11,13-14,17,25-27H,6H2,1H3,(H,19,20,23)/b22-9+/t11-,13-,14-,17-/m1/s1. The first-order valence-corrected chi connectivity index (χ1v) is 8.62. The quantitative estimate of drug-likeness (QED) is 0.342. The highest BCUT2D eigenvalue weighted by atomic mass is 16.6. The maximum Gasteiger partial charge on any atom is 0.177 e. The molecule has 28 heavy (non-hydrogen) atoms. The van der Waals surface area contributed by atoms with Crippen LogP contribution in [0.15, 0.2) is 42.2 Å². The predicted molar refractivity (Wildman–Crippen MR) is 98.4 cm³/mol. The van der Waals surface area contributed by atoms with E-state index in [1.165, 1.54) is 17.2 Å². The van der Waals surface area contributed by atoms with Crippen molar-refractivity contribution in [2.45, 2.75) is 31.5 Å². The Morgan fingerprint density at radius 1 is 1.21 bits per heavy atom. The molecular formula is C17H19N7O4. The molecule has 0 bridgehead atoms. The van der Waals surface area contributed by atoms with Gasteiger partial charge in [0, 0.05) is 6.20 Å². The van der Waals surface area contributed by atoms with Crippen molar-refractivity contribution in [3.63, 3.8) is 0 Å². The number of hydrogen-bond donors (Lipinski definition) is 4. The summed E-state index contributed by atoms with van der Waals surface area (Å²) in [7, 11) is 0. The van der Waals surface area contributed by atoms with Gasteiger partial charge in [0.15, 0.2) is 23.2 Å². The number of hydrogen-bond acceptors (Lipinski definition) is 10. The van der Waals surface area contributed by atoms with Crippen LogP contribution in [0.3, 0.4) is 0 Å². The van der Waals surface area contributed by atoms with Gasteiger partial charge in [-0.2, -0.15) is 5.10 Å². The summed E-state index contributed by atoms with van der Waals surface area (Å²) in [6.45, 7) is 1.40. The Kier molecular flexibility index (Phi) is 4.96. The zero-order valence-electron chi connectivity index (χ0n) is 14.9. The molecule has 11 heteroatoms. The maximum atomic E-state index is 10.2. The van der Waals surface area contributed by atoms with Crippen LogP contribution in [0.1, 0.15) is 18.8 Å². The number of pyridine rings is 1. The molecule has 146 valence electrons. The second kappa shape index (κ2) is 7.56. The molecule has 4 atom stereocenters. The highest BCUT2D eigenvalue weighted by Crippen LogP contribution is 2.32. The maximum absolute atomic E-state index is 10.2. The number of anilines is 1. The van der Waals surface area contributed by atoms with Crippen LogP contribution in [0.4, 0.5) is 5.82 Å². The Bertz CT molecular complexity index is 994. The molecule has 0 aromatic carbocycles. The lowest BCUT2D eigenvalue weighted by molar-refractivity contribution is -0.0511. The summed E-state index contributed by atoms with van der Waals surface area (Å²) in [6, 6.07) is 5.53. The Balaban J connectivity index is 1.63. The van der Waals surface area contributed by atoms with E-state index >= 15 is 0 Å². The monoisotopic (exact) mass is 385 g/mol. The van der Waals surface area contributed by atoms with Crippen LogP contribution in [-0.2, 0) is 4.74 Å². The van der Waals surface area contributed by atoms with E-state index in [2.05, 4.69) is 30.5 Å². The fourth-order valence-electron chi connectivity index (χ4n) is 3.00. The van der Waals surface area contributed by atoms with Crippen LogP contribution in [0, 0.1) is 0 Å². The molecule has 3 aromatic rings. The molecular weight excluding hydrogens is 366 g/mol. The van der Waals surface area contributed by atoms with Crippen molar-refractivity contribution in [3.8, 4) is 0 Å². The van der Waals surface area contributed by atoms with Crippen molar-refractivity contribution in [1.82, 2.24) is 24.5 Å². The number of ether oxygens (including phenoxy) is 1. The SMILES string of the molecule is C/C(=N\Nc1ncnc2c1ncn2[C@@H]1O[C@H](CO)[C@@H](O)[C@H]1O)c1ccccn1. The fourth-order valence-corrected chi connectivity index (χ4v) is 3.00. The number of imidazole rings is 1. The Labute approximate surface area is 159 Å². The van der Waals surface area contributed by atoms with Gasteiger partial charge >= 0.3 is 0 Å². The predicted octanol–water partition coefficient (Wildman–Crippen LogP) is -0.331. The molecule has 4 N–H and O–H groups in total. The van der Waals surface area contributed by atoms with Gasteiger partial charge in [-0.1, -0.05) is 6.07 Å². The van der Waals surface area contributed by atoms with E-state index in [0.717, 1.165) is 5.69 Å². The number of aliphatic hydroxyl groups excluding tert-OH is 3. The summed E-state index contributed by atoms with van der Waals surface area (Å²) >= 11 is 0. The van der Waals surface area contributed by atoms with Crippen LogP contribution in [0.5, 0.6) is 0 Å². The lowest BCUT2D eigenvalue weighted by Crippen LogP contribution is -2.33. The van der Waals surface area contributed by atoms with E-state index in [0.29, 0.717) is 22.7 Å². The molecule has 0 amide bonds. The lowest BCUT2D eigenvalue weighted by atomic mass is 10.1. The fraction of sp³-hybridized carbons (Fsp3) is 0.353. The first kappa shape index (κ1) is 18.4. The van der Waals surface area contributed by atoms with Gasteiger partial charge in [0.05, 0.1) is 24.3 Å². The summed E-state index contributed by atoms with van der Waals surface area (Å²) in [6.07, 6.45) is 0.180. The number of fused-ring (bicyclic) bond motifs is 1. The molecule has 1 aliphatic heterocycles. The van der Waals surface area contributed by atoms with Crippen molar-refractivity contribution in [2.24, 2.45) is 5.10 Å². The normalized spacial score (nSPS) is 25.4. The summed E-state index contributed by atoms with van der Waals surface area (Å²) in [5.41, 5.74) is 5.04. The minimum absolute atomic E-state index is 0.366. The minimum atomic E-state index is -1.23. The van der Waals surface area contributed by atoms with Crippen molar-refractivity contribution in [2.75, 3.05) is 12.0 Å². The van der Waals surface area contributed by atoms with E-state index in [1.54, 1.807) is 6.20 Å². The molecule has 11 nitrogen and oxygen atoms in total. The van der Waals surface area contributed by atoms with E-state index in [4.69, 9.17) is 4.74 Å². The number of nitrogens with zero attached hydrogens (tertiary/aromatic N) is 6. The number of aliphatic hydroxyl groups is 3. The van der Waals surface area contributed by atoms with Crippen molar-refractivity contribution < 1.29 is 20.1 Å². The molecule has 1 fully saturated rings. The van der Waals surface area contributed by atoms with E-state index in [9.17, 15) is 15.3 Å². The van der Waals surface area contributed by atoms with Gasteiger partial charge in [-0.15, -0.1) is 0 Å². The largest absolute Gasteiger partial charge is 0.394 e. The molecule has 1 saturated heterocycles. The van der Waals surface area contributed by atoms with E-state index in [1.807, 2.05) is 25.1 Å². The second-order valence-electron chi connectivity index (χ2n) is 6.30. The van der Waals surface area contributed by atoms with Gasteiger partial charge in [0.2, 0.25) is 0 Å². The number of aromatic nitrogens is 5.